The van der Waals surface area contributed by atoms with Gasteiger partial charge in [-0.3, -0.25) is 0 Å². The van der Waals surface area contributed by atoms with Gasteiger partial charge in [0.1, 0.15) is 0 Å². The summed E-state index contributed by atoms with van der Waals surface area (Å²) in [5, 5.41) is 11.0. The maximum absolute atomic E-state index is 10.2. The van der Waals surface area contributed by atoms with Gasteiger partial charge in [0.15, 0.2) is 0 Å². The first kappa shape index (κ1) is 10.0. The maximum atomic E-state index is 10.2. The first-order chi connectivity index (χ1) is 6.54. The van der Waals surface area contributed by atoms with Crippen molar-refractivity contribution in [1.29, 1.82) is 0 Å². The van der Waals surface area contributed by atoms with Gasteiger partial charge in [-0.1, -0.05) is 23.7 Å². The van der Waals surface area contributed by atoms with Crippen molar-refractivity contribution in [1.82, 2.24) is 0 Å². The summed E-state index contributed by atoms with van der Waals surface area (Å²) in [5.41, 5.74) is 2.53. The van der Waals surface area contributed by atoms with Gasteiger partial charge in [-0.05, 0) is 49.8 Å². The average molecular weight is 211 g/mol. The average Bonchev–Trinajstić information content (AvgIpc) is 2.11. The van der Waals surface area contributed by atoms with E-state index in [-0.39, 0.29) is 0 Å². The van der Waals surface area contributed by atoms with E-state index in [4.69, 9.17) is 11.6 Å². The lowest BCUT2D eigenvalue weighted by atomic mass is 9.73. The first-order valence-electron chi connectivity index (χ1n) is 5.03. The molecule has 0 aromatic heterocycles. The molecule has 1 aliphatic carbocycles. The zero-order valence-electron chi connectivity index (χ0n) is 8.60. The Morgan fingerprint density at radius 3 is 2.43 bits per heavy atom. The topological polar surface area (TPSA) is 20.2 Å². The van der Waals surface area contributed by atoms with Crippen LogP contribution in [0.15, 0.2) is 12.1 Å². The van der Waals surface area contributed by atoms with Crippen LogP contribution < -0.4 is 0 Å². The van der Waals surface area contributed by atoms with E-state index in [1.807, 2.05) is 26.0 Å². The van der Waals surface area contributed by atoms with Crippen LogP contribution in [0.5, 0.6) is 0 Å². The van der Waals surface area contributed by atoms with Gasteiger partial charge in [-0.25, -0.2) is 0 Å². The van der Waals surface area contributed by atoms with Crippen molar-refractivity contribution >= 4 is 11.6 Å². The predicted molar refractivity (Wildman–Crippen MR) is 58.7 cm³/mol. The van der Waals surface area contributed by atoms with Crippen molar-refractivity contribution < 1.29 is 5.11 Å². The lowest BCUT2D eigenvalue weighted by Gasteiger charge is -2.38. The highest BCUT2D eigenvalue weighted by Crippen LogP contribution is 2.43. The number of aryl methyl sites for hydroxylation is 1. The summed E-state index contributed by atoms with van der Waals surface area (Å²) in [7, 11) is 0. The van der Waals surface area contributed by atoms with Gasteiger partial charge in [-0.15, -0.1) is 0 Å². The van der Waals surface area contributed by atoms with Crippen LogP contribution in [0.3, 0.4) is 0 Å². The molecule has 0 atom stereocenters. The lowest BCUT2D eigenvalue weighted by Crippen LogP contribution is -2.34. The molecule has 1 N–H and O–H groups in total. The number of rotatable bonds is 1. The molecular formula is C12H15ClO. The molecule has 1 aliphatic rings. The van der Waals surface area contributed by atoms with Crippen molar-refractivity contribution in [3.05, 3.63) is 33.8 Å². The van der Waals surface area contributed by atoms with Gasteiger partial charge >= 0.3 is 0 Å². The summed E-state index contributed by atoms with van der Waals surface area (Å²) < 4.78 is 0. The van der Waals surface area contributed by atoms with E-state index in [0.29, 0.717) is 0 Å². The summed E-state index contributed by atoms with van der Waals surface area (Å²) in [6.45, 7) is 3.98. The zero-order chi connectivity index (χ0) is 10.3. The molecule has 0 aliphatic heterocycles. The Hall–Kier alpha value is -0.530. The number of hydrogen-bond donors (Lipinski definition) is 1. The third-order valence-electron chi connectivity index (χ3n) is 3.26. The molecule has 0 unspecified atom stereocenters. The Kier molecular flexibility index (Phi) is 2.32. The van der Waals surface area contributed by atoms with Crippen molar-refractivity contribution in [2.45, 2.75) is 38.7 Å². The quantitative estimate of drug-likeness (QED) is 0.754. The Morgan fingerprint density at radius 2 is 1.93 bits per heavy atom. The molecule has 0 amide bonds. The molecule has 2 heteroatoms. The van der Waals surface area contributed by atoms with Gasteiger partial charge in [0, 0.05) is 5.02 Å². The van der Waals surface area contributed by atoms with E-state index in [1.165, 1.54) is 0 Å². The van der Waals surface area contributed by atoms with Crippen molar-refractivity contribution in [2.75, 3.05) is 0 Å². The summed E-state index contributed by atoms with van der Waals surface area (Å²) in [6.07, 6.45) is 2.85. The fourth-order valence-corrected chi connectivity index (χ4v) is 2.27. The van der Waals surface area contributed by atoms with Crippen molar-refractivity contribution in [2.24, 2.45) is 0 Å². The van der Waals surface area contributed by atoms with Crippen LogP contribution in [0.4, 0.5) is 0 Å². The van der Waals surface area contributed by atoms with Crippen LogP contribution in [-0.4, -0.2) is 5.11 Å². The summed E-state index contributed by atoms with van der Waals surface area (Å²) >= 11 is 6.16. The minimum atomic E-state index is -0.596. The Labute approximate surface area is 89.7 Å². The van der Waals surface area contributed by atoms with E-state index >= 15 is 0 Å². The molecule has 76 valence electrons. The molecule has 2 rings (SSSR count). The van der Waals surface area contributed by atoms with E-state index in [2.05, 4.69) is 0 Å². The molecule has 0 radical (unpaired) electrons. The molecule has 0 heterocycles. The van der Waals surface area contributed by atoms with Crippen LogP contribution in [0.25, 0.3) is 0 Å². The second-order valence-corrected chi connectivity index (χ2v) is 4.63. The molecule has 0 spiro atoms. The first-order valence-corrected chi connectivity index (χ1v) is 5.41. The highest BCUT2D eigenvalue weighted by Gasteiger charge is 2.37. The van der Waals surface area contributed by atoms with Gasteiger partial charge in [0.25, 0.3) is 0 Å². The molecule has 0 bridgehead atoms. The van der Waals surface area contributed by atoms with Crippen LogP contribution in [-0.2, 0) is 5.60 Å². The Bertz CT molecular complexity index is 367. The molecular weight excluding hydrogens is 196 g/mol. The SMILES string of the molecule is Cc1ccc(C2(O)CCC2)c(C)c1Cl. The molecule has 1 fully saturated rings. The third kappa shape index (κ3) is 1.35. The van der Waals surface area contributed by atoms with Gasteiger partial charge < -0.3 is 5.11 Å². The van der Waals surface area contributed by atoms with Crippen molar-refractivity contribution in [3.8, 4) is 0 Å². The largest absolute Gasteiger partial charge is 0.385 e. The monoisotopic (exact) mass is 210 g/mol. The molecule has 1 nitrogen and oxygen atoms in total. The van der Waals surface area contributed by atoms with Crippen molar-refractivity contribution in [3.63, 3.8) is 0 Å². The maximum Gasteiger partial charge on any atom is 0.0899 e. The second kappa shape index (κ2) is 3.25. The Morgan fingerprint density at radius 1 is 1.29 bits per heavy atom. The molecule has 1 aromatic carbocycles. The molecule has 1 aromatic rings. The minimum absolute atomic E-state index is 0.596. The molecule has 14 heavy (non-hydrogen) atoms. The van der Waals surface area contributed by atoms with Crippen LogP contribution in [0, 0.1) is 13.8 Å². The van der Waals surface area contributed by atoms with E-state index in [1.54, 1.807) is 0 Å². The lowest BCUT2D eigenvalue weighted by molar-refractivity contribution is -0.0393. The van der Waals surface area contributed by atoms with E-state index in [0.717, 1.165) is 41.0 Å². The van der Waals surface area contributed by atoms with Crippen LogP contribution in [0.2, 0.25) is 5.02 Å². The number of benzene rings is 1. The number of hydrogen-bond acceptors (Lipinski definition) is 1. The van der Waals surface area contributed by atoms with E-state index in [9.17, 15) is 5.11 Å². The normalized spacial score (nSPS) is 19.1. The summed E-state index contributed by atoms with van der Waals surface area (Å²) in [4.78, 5) is 0. The molecule has 0 saturated heterocycles. The second-order valence-electron chi connectivity index (χ2n) is 4.25. The van der Waals surface area contributed by atoms with Gasteiger partial charge in [-0.2, -0.15) is 0 Å². The highest BCUT2D eigenvalue weighted by atomic mass is 35.5. The fraction of sp³-hybridized carbons (Fsp3) is 0.500. The smallest absolute Gasteiger partial charge is 0.0899 e. The minimum Gasteiger partial charge on any atom is -0.385 e. The third-order valence-corrected chi connectivity index (χ3v) is 3.84. The van der Waals surface area contributed by atoms with E-state index < -0.39 is 5.60 Å². The Balaban J connectivity index is 2.49. The predicted octanol–water partition coefficient (Wildman–Crippen LogP) is 3.33. The van der Waals surface area contributed by atoms with Gasteiger partial charge in [0.2, 0.25) is 0 Å². The fourth-order valence-electron chi connectivity index (χ4n) is 2.11. The van der Waals surface area contributed by atoms with Crippen LogP contribution >= 0.6 is 11.6 Å². The highest BCUT2D eigenvalue weighted by molar-refractivity contribution is 6.32. The number of aliphatic hydroxyl groups is 1. The number of halogens is 1. The zero-order valence-corrected chi connectivity index (χ0v) is 9.36. The van der Waals surface area contributed by atoms with Crippen LogP contribution in [0.1, 0.15) is 36.0 Å². The summed E-state index contributed by atoms with van der Waals surface area (Å²) in [5.74, 6) is 0. The van der Waals surface area contributed by atoms with Gasteiger partial charge in [0.05, 0.1) is 5.60 Å². The standard InChI is InChI=1S/C12H15ClO/c1-8-4-5-10(9(2)11(8)13)12(14)6-3-7-12/h4-5,14H,3,6-7H2,1-2H3. The molecule has 1 saturated carbocycles. The summed E-state index contributed by atoms with van der Waals surface area (Å²) in [6, 6.07) is 4.00.